The van der Waals surface area contributed by atoms with E-state index in [4.69, 9.17) is 11.6 Å². The van der Waals surface area contributed by atoms with Crippen LogP contribution in [-0.2, 0) is 9.59 Å². The van der Waals surface area contributed by atoms with Gasteiger partial charge in [-0.25, -0.2) is 0 Å². The molecule has 0 unspecified atom stereocenters. The van der Waals surface area contributed by atoms with Gasteiger partial charge in [-0.2, -0.15) is 0 Å². The predicted octanol–water partition coefficient (Wildman–Crippen LogP) is 4.54. The molecule has 2 N–H and O–H groups in total. The quantitative estimate of drug-likeness (QED) is 0.800. The normalized spacial score (nSPS) is 10.4. The summed E-state index contributed by atoms with van der Waals surface area (Å²) < 4.78 is 0. The zero-order valence-corrected chi connectivity index (χ0v) is 15.0. The first kappa shape index (κ1) is 18.0. The molecule has 0 aliphatic carbocycles. The van der Waals surface area contributed by atoms with Gasteiger partial charge in [-0.05, 0) is 62.1 Å². The number of carbonyl (C=O) groups excluding carboxylic acids is 2. The van der Waals surface area contributed by atoms with Gasteiger partial charge >= 0.3 is 0 Å². The van der Waals surface area contributed by atoms with E-state index in [1.165, 1.54) is 0 Å². The van der Waals surface area contributed by atoms with Crippen LogP contribution in [0.15, 0.2) is 30.3 Å². The zero-order valence-electron chi connectivity index (χ0n) is 14.3. The van der Waals surface area contributed by atoms with Gasteiger partial charge < -0.3 is 10.6 Å². The average molecular weight is 345 g/mol. The fourth-order valence-electron chi connectivity index (χ4n) is 2.48. The number of hydrogen-bond donors (Lipinski definition) is 2. The Balaban J connectivity index is 2.02. The third-order valence-corrected chi connectivity index (χ3v) is 4.19. The fraction of sp³-hybridized carbons (Fsp3) is 0.263. The summed E-state index contributed by atoms with van der Waals surface area (Å²) in [4.78, 5) is 24.2. The fourth-order valence-corrected chi connectivity index (χ4v) is 2.85. The molecule has 2 aromatic carbocycles. The van der Waals surface area contributed by atoms with Gasteiger partial charge in [-0.15, -0.1) is 0 Å². The van der Waals surface area contributed by atoms with Gasteiger partial charge in [-0.1, -0.05) is 29.8 Å². The van der Waals surface area contributed by atoms with Crippen LogP contribution >= 0.6 is 11.6 Å². The Bertz CT molecular complexity index is 777. The van der Waals surface area contributed by atoms with Crippen LogP contribution in [0.4, 0.5) is 11.4 Å². The highest BCUT2D eigenvalue weighted by Gasteiger charge is 2.14. The molecule has 2 amide bonds. The van der Waals surface area contributed by atoms with Crippen LogP contribution in [0.5, 0.6) is 0 Å². The molecule has 0 aliphatic heterocycles. The lowest BCUT2D eigenvalue weighted by Crippen LogP contribution is -2.22. The molecule has 4 nitrogen and oxygen atoms in total. The minimum atomic E-state index is -0.397. The van der Waals surface area contributed by atoms with Crippen LogP contribution in [-0.4, -0.2) is 11.8 Å². The highest BCUT2D eigenvalue weighted by molar-refractivity contribution is 6.34. The molecule has 5 heteroatoms. The number of amides is 2. The van der Waals surface area contributed by atoms with Crippen molar-refractivity contribution in [2.75, 3.05) is 10.6 Å². The number of carbonyl (C=O) groups is 2. The lowest BCUT2D eigenvalue weighted by molar-refractivity contribution is -0.123. The number of anilines is 2. The summed E-state index contributed by atoms with van der Waals surface area (Å²) in [5.41, 5.74) is 5.22. The van der Waals surface area contributed by atoms with Crippen LogP contribution in [0, 0.1) is 27.7 Å². The Hall–Kier alpha value is -2.33. The summed E-state index contributed by atoms with van der Waals surface area (Å²) in [6, 6.07) is 9.37. The van der Waals surface area contributed by atoms with E-state index in [0.29, 0.717) is 10.7 Å². The second-order valence-electron chi connectivity index (χ2n) is 5.96. The van der Waals surface area contributed by atoms with Crippen molar-refractivity contribution in [2.45, 2.75) is 34.1 Å². The van der Waals surface area contributed by atoms with Crippen molar-refractivity contribution in [3.05, 3.63) is 57.6 Å². The molecule has 0 spiro atoms. The maximum absolute atomic E-state index is 12.1. The lowest BCUT2D eigenvalue weighted by Gasteiger charge is -2.13. The molecular weight excluding hydrogens is 324 g/mol. The number of hydrogen-bond acceptors (Lipinski definition) is 2. The first-order valence-corrected chi connectivity index (χ1v) is 8.08. The van der Waals surface area contributed by atoms with E-state index in [0.717, 1.165) is 27.9 Å². The molecule has 0 aromatic heterocycles. The van der Waals surface area contributed by atoms with Crippen molar-refractivity contribution in [1.82, 2.24) is 0 Å². The predicted molar refractivity (Wildman–Crippen MR) is 98.7 cm³/mol. The molecule has 0 fully saturated rings. The maximum atomic E-state index is 12.1. The molecule has 24 heavy (non-hydrogen) atoms. The second kappa shape index (κ2) is 7.49. The molecule has 0 atom stereocenters. The molecule has 0 heterocycles. The molecule has 2 rings (SSSR count). The number of aryl methyl sites for hydroxylation is 3. The first-order chi connectivity index (χ1) is 11.3. The Morgan fingerprint density at radius 2 is 1.62 bits per heavy atom. The Morgan fingerprint density at radius 3 is 2.29 bits per heavy atom. The van der Waals surface area contributed by atoms with Crippen molar-refractivity contribution < 1.29 is 9.59 Å². The van der Waals surface area contributed by atoms with Crippen molar-refractivity contribution in [3.8, 4) is 0 Å². The largest absolute Gasteiger partial charge is 0.325 e. The summed E-state index contributed by atoms with van der Waals surface area (Å²) >= 11 is 6.17. The molecule has 0 saturated heterocycles. The van der Waals surface area contributed by atoms with E-state index < -0.39 is 5.91 Å². The maximum Gasteiger partial charge on any atom is 0.233 e. The number of rotatable bonds is 4. The van der Waals surface area contributed by atoms with Gasteiger partial charge in [-0.3, -0.25) is 9.59 Å². The second-order valence-corrected chi connectivity index (χ2v) is 6.37. The van der Waals surface area contributed by atoms with Crippen molar-refractivity contribution in [1.29, 1.82) is 0 Å². The standard InChI is InChI=1S/C19H21ClN2O2/c1-11-8-13(3)19(15(20)9-11)22-18(24)10-17(23)21-16-7-5-6-12(2)14(16)4/h5-9H,10H2,1-4H3,(H,21,23)(H,22,24). The van der Waals surface area contributed by atoms with Crippen molar-refractivity contribution >= 4 is 34.8 Å². The molecule has 0 bridgehead atoms. The lowest BCUT2D eigenvalue weighted by atomic mass is 10.1. The highest BCUT2D eigenvalue weighted by atomic mass is 35.5. The molecule has 126 valence electrons. The summed E-state index contributed by atoms with van der Waals surface area (Å²) in [5, 5.41) is 5.96. The monoisotopic (exact) mass is 344 g/mol. The molecular formula is C19H21ClN2O2. The SMILES string of the molecule is Cc1cc(C)c(NC(=O)CC(=O)Nc2cccc(C)c2C)c(Cl)c1. The van der Waals surface area contributed by atoms with Gasteiger partial charge in [0.05, 0.1) is 10.7 Å². The molecule has 0 radical (unpaired) electrons. The number of nitrogens with one attached hydrogen (secondary N) is 2. The zero-order chi connectivity index (χ0) is 17.9. The van der Waals surface area contributed by atoms with Crippen LogP contribution < -0.4 is 10.6 Å². The summed E-state index contributed by atoms with van der Waals surface area (Å²) in [5.74, 6) is -0.756. The third kappa shape index (κ3) is 4.36. The first-order valence-electron chi connectivity index (χ1n) is 7.70. The summed E-state index contributed by atoms with van der Waals surface area (Å²) in [6.45, 7) is 7.70. The molecule has 0 saturated carbocycles. The minimum Gasteiger partial charge on any atom is -0.325 e. The van der Waals surface area contributed by atoms with E-state index in [9.17, 15) is 9.59 Å². The van der Waals surface area contributed by atoms with Gasteiger partial charge in [0.25, 0.3) is 0 Å². The van der Waals surface area contributed by atoms with Gasteiger partial charge in [0.15, 0.2) is 0 Å². The topological polar surface area (TPSA) is 58.2 Å². The minimum absolute atomic E-state index is 0.267. The van der Waals surface area contributed by atoms with E-state index in [2.05, 4.69) is 10.6 Å². The van der Waals surface area contributed by atoms with Crippen molar-refractivity contribution in [3.63, 3.8) is 0 Å². The van der Waals surface area contributed by atoms with Crippen LogP contribution in [0.1, 0.15) is 28.7 Å². The van der Waals surface area contributed by atoms with Crippen molar-refractivity contribution in [2.24, 2.45) is 0 Å². The smallest absolute Gasteiger partial charge is 0.233 e. The van der Waals surface area contributed by atoms with Gasteiger partial charge in [0.2, 0.25) is 11.8 Å². The van der Waals surface area contributed by atoms with E-state index in [1.54, 1.807) is 6.07 Å². The summed E-state index contributed by atoms with van der Waals surface area (Å²) in [6.07, 6.45) is -0.267. The molecule has 2 aromatic rings. The summed E-state index contributed by atoms with van der Waals surface area (Å²) in [7, 11) is 0. The van der Waals surface area contributed by atoms with Gasteiger partial charge in [0, 0.05) is 5.69 Å². The Kier molecular flexibility index (Phi) is 5.62. The third-order valence-electron chi connectivity index (χ3n) is 3.90. The van der Waals surface area contributed by atoms with E-state index >= 15 is 0 Å². The molecule has 0 aliphatic rings. The average Bonchev–Trinajstić information content (AvgIpc) is 2.47. The highest BCUT2D eigenvalue weighted by Crippen LogP contribution is 2.27. The van der Waals surface area contributed by atoms with Crippen LogP contribution in [0.25, 0.3) is 0 Å². The Labute approximate surface area is 147 Å². The number of halogens is 1. The van der Waals surface area contributed by atoms with E-state index in [1.807, 2.05) is 52.0 Å². The Morgan fingerprint density at radius 1 is 0.958 bits per heavy atom. The van der Waals surface area contributed by atoms with Crippen LogP contribution in [0.2, 0.25) is 5.02 Å². The van der Waals surface area contributed by atoms with Gasteiger partial charge in [0.1, 0.15) is 6.42 Å². The van der Waals surface area contributed by atoms with E-state index in [-0.39, 0.29) is 12.3 Å². The number of benzene rings is 2. The van der Waals surface area contributed by atoms with Crippen LogP contribution in [0.3, 0.4) is 0 Å².